The fraction of sp³-hybridized carbons (Fsp3) is 0.595. The highest BCUT2D eigenvalue weighted by atomic mass is 28.4. The van der Waals surface area contributed by atoms with Gasteiger partial charge in [0, 0.05) is 86.8 Å². The maximum Gasteiger partial charge on any atom is 0.219 e. The van der Waals surface area contributed by atoms with Crippen molar-refractivity contribution < 1.29 is 14.3 Å². The Kier molecular flexibility index (Phi) is 9.73. The molecule has 0 spiro atoms. The van der Waals surface area contributed by atoms with E-state index >= 15 is 0 Å². The Morgan fingerprint density at radius 2 is 1.74 bits per heavy atom. The fourth-order valence-corrected chi connectivity index (χ4v) is 7.96. The van der Waals surface area contributed by atoms with Crippen LogP contribution in [0.2, 0.25) is 18.1 Å². The Morgan fingerprint density at radius 1 is 1.09 bits per heavy atom. The van der Waals surface area contributed by atoms with Crippen LogP contribution in [-0.2, 0) is 14.8 Å². The highest BCUT2D eigenvalue weighted by Gasteiger charge is 2.56. The van der Waals surface area contributed by atoms with Gasteiger partial charge in [-0.25, -0.2) is 0 Å². The molecule has 2 fully saturated rings. The molecule has 46 heavy (non-hydrogen) atoms. The number of carbonyl (C=O) groups excluding carboxylic acids is 1. The van der Waals surface area contributed by atoms with Gasteiger partial charge >= 0.3 is 0 Å². The van der Waals surface area contributed by atoms with Gasteiger partial charge in [-0.05, 0) is 60.2 Å². The summed E-state index contributed by atoms with van der Waals surface area (Å²) < 4.78 is 6.48. The van der Waals surface area contributed by atoms with Gasteiger partial charge in [-0.3, -0.25) is 19.8 Å². The highest BCUT2D eigenvalue weighted by molar-refractivity contribution is 6.74. The predicted molar refractivity (Wildman–Crippen MR) is 187 cm³/mol. The van der Waals surface area contributed by atoms with E-state index in [-0.39, 0.29) is 10.9 Å². The SMILES string of the molecule is CC(=O)N1CCC(c2cc(-c3cncc([C@@](O)(c4ccc(C(C)C)cc4)C4(C)CN(CCO[Si](C)(C)C(C)(C)C)C4)c3)n[nH]2)CC1. The highest BCUT2D eigenvalue weighted by Crippen LogP contribution is 2.51. The van der Waals surface area contributed by atoms with Gasteiger partial charge in [0.25, 0.3) is 0 Å². The van der Waals surface area contributed by atoms with E-state index in [9.17, 15) is 9.90 Å². The van der Waals surface area contributed by atoms with Crippen LogP contribution in [0.25, 0.3) is 11.3 Å². The molecule has 0 radical (unpaired) electrons. The Balaban J connectivity index is 1.39. The first-order valence-corrected chi connectivity index (χ1v) is 19.9. The van der Waals surface area contributed by atoms with Gasteiger partial charge in [-0.2, -0.15) is 5.10 Å². The first-order chi connectivity index (χ1) is 21.5. The monoisotopic (exact) mass is 645 g/mol. The maximum atomic E-state index is 12.9. The van der Waals surface area contributed by atoms with E-state index in [4.69, 9.17) is 4.43 Å². The molecular formula is C37H55N5O3Si. The minimum atomic E-state index is -1.82. The number of rotatable bonds is 10. The van der Waals surface area contributed by atoms with Crippen molar-refractivity contribution in [1.29, 1.82) is 0 Å². The zero-order chi connectivity index (χ0) is 33.5. The van der Waals surface area contributed by atoms with Gasteiger partial charge in [0.1, 0.15) is 5.60 Å². The first-order valence-electron chi connectivity index (χ1n) is 17.0. The summed E-state index contributed by atoms with van der Waals surface area (Å²) in [5.41, 5.74) is 4.02. The van der Waals surface area contributed by atoms with Crippen LogP contribution in [0, 0.1) is 5.41 Å². The number of amides is 1. The Bertz CT molecular complexity index is 1500. The molecule has 0 bridgehead atoms. The standard InChI is InChI=1S/C37H55N5O3Si/c1-26(2)28-10-12-31(13-11-28)37(44,36(7)24-41(25-36)18-19-45-46(8,9)35(4,5)6)32-20-30(22-38-23-32)34-21-33(39-40-34)29-14-16-42(17-15-29)27(3)43/h10-13,20-23,26,29,44H,14-19,24-25H2,1-9H3,(H,39,40)/t37-/m0/s1. The van der Waals surface area contributed by atoms with Crippen LogP contribution in [0.15, 0.2) is 48.8 Å². The van der Waals surface area contributed by atoms with Crippen LogP contribution >= 0.6 is 0 Å². The van der Waals surface area contributed by atoms with Crippen LogP contribution in [-0.4, -0.2) is 83.6 Å². The zero-order valence-corrected chi connectivity index (χ0v) is 30.5. The summed E-state index contributed by atoms with van der Waals surface area (Å²) in [5, 5.41) is 21.1. The number of aromatic amines is 1. The van der Waals surface area contributed by atoms with Crippen LogP contribution in [0.3, 0.4) is 0 Å². The van der Waals surface area contributed by atoms with Gasteiger partial charge in [0.2, 0.25) is 5.91 Å². The van der Waals surface area contributed by atoms with Crippen LogP contribution in [0.1, 0.15) is 95.5 Å². The molecule has 8 nitrogen and oxygen atoms in total. The molecular weight excluding hydrogens is 591 g/mol. The molecule has 0 unspecified atom stereocenters. The lowest BCUT2D eigenvalue weighted by Gasteiger charge is -2.57. The summed E-state index contributed by atoms with van der Waals surface area (Å²) in [6.45, 7) is 24.2. The van der Waals surface area contributed by atoms with Gasteiger partial charge in [0.05, 0.1) is 5.69 Å². The van der Waals surface area contributed by atoms with E-state index in [1.54, 1.807) is 6.92 Å². The maximum absolute atomic E-state index is 12.9. The Hall–Kier alpha value is -2.85. The molecule has 1 amide bonds. The number of likely N-dealkylation sites (tertiary alicyclic amines) is 2. The topological polar surface area (TPSA) is 94.6 Å². The third-order valence-electron chi connectivity index (χ3n) is 11.1. The minimum absolute atomic E-state index is 0.140. The van der Waals surface area contributed by atoms with Crippen molar-refractivity contribution in [3.8, 4) is 11.3 Å². The molecule has 3 aromatic rings. The summed E-state index contributed by atoms with van der Waals surface area (Å²) in [5.74, 6) is 0.886. The molecule has 5 rings (SSSR count). The van der Waals surface area contributed by atoms with E-state index in [1.165, 1.54) is 5.56 Å². The van der Waals surface area contributed by atoms with Crippen LogP contribution in [0.4, 0.5) is 0 Å². The number of aromatic nitrogens is 3. The normalized spacial score (nSPS) is 19.2. The number of nitrogens with zero attached hydrogens (tertiary/aromatic N) is 4. The number of piperidine rings is 1. The number of hydrogen-bond donors (Lipinski definition) is 2. The molecule has 9 heteroatoms. The number of H-pyrrole nitrogens is 1. The van der Waals surface area contributed by atoms with E-state index < -0.39 is 19.3 Å². The quantitative estimate of drug-likeness (QED) is 0.233. The van der Waals surface area contributed by atoms with Crippen molar-refractivity contribution in [3.63, 3.8) is 0 Å². The summed E-state index contributed by atoms with van der Waals surface area (Å²) in [6.07, 6.45) is 5.49. The molecule has 2 aromatic heterocycles. The van der Waals surface area contributed by atoms with Gasteiger partial charge in [-0.15, -0.1) is 0 Å². The number of nitrogens with one attached hydrogen (secondary N) is 1. The van der Waals surface area contributed by atoms with Crippen molar-refractivity contribution in [3.05, 3.63) is 71.2 Å². The van der Waals surface area contributed by atoms with E-state index in [0.717, 1.165) is 73.6 Å². The third kappa shape index (κ3) is 6.75. The van der Waals surface area contributed by atoms with Gasteiger partial charge < -0.3 is 14.4 Å². The average Bonchev–Trinajstić information content (AvgIpc) is 3.50. The Morgan fingerprint density at radius 3 is 2.33 bits per heavy atom. The smallest absolute Gasteiger partial charge is 0.219 e. The zero-order valence-electron chi connectivity index (χ0n) is 29.5. The van der Waals surface area contributed by atoms with Crippen molar-refractivity contribution in [2.24, 2.45) is 5.41 Å². The minimum Gasteiger partial charge on any atom is -0.416 e. The molecule has 250 valence electrons. The first kappa shape index (κ1) is 34.5. The van der Waals surface area contributed by atoms with Crippen molar-refractivity contribution in [2.45, 2.75) is 96.9 Å². The van der Waals surface area contributed by atoms with Crippen LogP contribution < -0.4 is 0 Å². The largest absolute Gasteiger partial charge is 0.416 e. The summed E-state index contributed by atoms with van der Waals surface area (Å²) >= 11 is 0. The predicted octanol–water partition coefficient (Wildman–Crippen LogP) is 6.90. The molecule has 4 heterocycles. The summed E-state index contributed by atoms with van der Waals surface area (Å²) in [7, 11) is -1.82. The number of benzene rings is 1. The Labute approximate surface area is 277 Å². The number of pyridine rings is 1. The lowest BCUT2D eigenvalue weighted by Crippen LogP contribution is -2.65. The molecule has 1 aromatic carbocycles. The van der Waals surface area contributed by atoms with Gasteiger partial charge in [-0.1, -0.05) is 65.8 Å². The van der Waals surface area contributed by atoms with Crippen LogP contribution in [0.5, 0.6) is 0 Å². The second-order valence-electron chi connectivity index (χ2n) is 15.8. The molecule has 2 saturated heterocycles. The number of hydrogen-bond acceptors (Lipinski definition) is 6. The van der Waals surface area contributed by atoms with Gasteiger partial charge in [0.15, 0.2) is 8.32 Å². The molecule has 2 N–H and O–H groups in total. The van der Waals surface area contributed by atoms with Crippen molar-refractivity contribution in [1.82, 2.24) is 25.0 Å². The molecule has 2 aliphatic rings. The summed E-state index contributed by atoms with van der Waals surface area (Å²) in [4.78, 5) is 20.8. The number of carbonyl (C=O) groups is 1. The molecule has 1 atom stereocenters. The lowest BCUT2D eigenvalue weighted by atomic mass is 9.62. The molecule has 0 saturated carbocycles. The fourth-order valence-electron chi connectivity index (χ4n) is 6.92. The molecule has 0 aliphatic carbocycles. The second kappa shape index (κ2) is 13.0. The van der Waals surface area contributed by atoms with E-state index in [1.807, 2.05) is 17.3 Å². The van der Waals surface area contributed by atoms with E-state index in [2.05, 4.69) is 111 Å². The van der Waals surface area contributed by atoms with Crippen molar-refractivity contribution >= 4 is 14.2 Å². The second-order valence-corrected chi connectivity index (χ2v) is 20.6. The van der Waals surface area contributed by atoms with E-state index in [0.29, 0.717) is 18.4 Å². The number of aliphatic hydroxyl groups is 1. The summed E-state index contributed by atoms with van der Waals surface area (Å²) in [6, 6.07) is 12.7. The van der Waals surface area contributed by atoms with Crippen molar-refractivity contribution in [2.75, 3.05) is 39.3 Å². The third-order valence-corrected chi connectivity index (χ3v) is 15.7. The lowest BCUT2D eigenvalue weighted by molar-refractivity contribution is -0.137. The average molecular weight is 646 g/mol. The molecule has 2 aliphatic heterocycles.